The molecule has 2 N–H and O–H groups in total. The molecular formula is C15H15N3O3. The van der Waals surface area contributed by atoms with Crippen molar-refractivity contribution in [3.63, 3.8) is 0 Å². The Morgan fingerprint density at radius 3 is 2.52 bits per heavy atom. The Hall–Kier alpha value is -2.89. The van der Waals surface area contributed by atoms with Crippen LogP contribution in [0.4, 0.5) is 5.69 Å². The molecule has 0 atom stereocenters. The first-order valence-corrected chi connectivity index (χ1v) is 6.31. The minimum Gasteiger partial charge on any atom is -0.497 e. The number of nitrogens with one attached hydrogen (secondary N) is 2. The molecule has 0 aliphatic heterocycles. The molecule has 0 aliphatic carbocycles. The first-order chi connectivity index (χ1) is 10.2. The summed E-state index contributed by atoms with van der Waals surface area (Å²) in [6.45, 7) is 0.267. The number of aromatic nitrogens is 1. The van der Waals surface area contributed by atoms with Crippen LogP contribution in [0.5, 0.6) is 5.75 Å². The van der Waals surface area contributed by atoms with Crippen LogP contribution in [0.25, 0.3) is 0 Å². The standard InChI is InChI=1S/C15H15N3O3/c1-21-13-6-4-11(5-7-13)9-17-14(19)15(20)18-12-3-2-8-16-10-12/h2-8,10H,9H2,1H3,(H,17,19)(H,18,20). The van der Waals surface area contributed by atoms with E-state index in [1.165, 1.54) is 6.20 Å². The second kappa shape index (κ2) is 7.04. The highest BCUT2D eigenvalue weighted by molar-refractivity contribution is 6.39. The van der Waals surface area contributed by atoms with E-state index in [4.69, 9.17) is 4.74 Å². The van der Waals surface area contributed by atoms with Crippen molar-refractivity contribution in [1.29, 1.82) is 0 Å². The lowest BCUT2D eigenvalue weighted by Gasteiger charge is -2.07. The van der Waals surface area contributed by atoms with Gasteiger partial charge in [-0.25, -0.2) is 0 Å². The topological polar surface area (TPSA) is 80.3 Å². The molecule has 2 aromatic rings. The van der Waals surface area contributed by atoms with Gasteiger partial charge in [0.1, 0.15) is 5.75 Å². The summed E-state index contributed by atoms with van der Waals surface area (Å²) in [5.74, 6) is -0.689. The number of ether oxygens (including phenoxy) is 1. The third-order valence-corrected chi connectivity index (χ3v) is 2.74. The van der Waals surface area contributed by atoms with Crippen molar-refractivity contribution >= 4 is 17.5 Å². The lowest BCUT2D eigenvalue weighted by atomic mass is 10.2. The van der Waals surface area contributed by atoms with E-state index in [1.54, 1.807) is 37.6 Å². The number of rotatable bonds is 4. The van der Waals surface area contributed by atoms with Crippen LogP contribution in [0.3, 0.4) is 0 Å². The van der Waals surface area contributed by atoms with E-state index in [-0.39, 0.29) is 6.54 Å². The van der Waals surface area contributed by atoms with Crippen LogP contribution in [0.15, 0.2) is 48.8 Å². The van der Waals surface area contributed by atoms with Crippen molar-refractivity contribution in [1.82, 2.24) is 10.3 Å². The largest absolute Gasteiger partial charge is 0.497 e. The average molecular weight is 285 g/mol. The van der Waals surface area contributed by atoms with Crippen LogP contribution in [0, 0.1) is 0 Å². The van der Waals surface area contributed by atoms with Crippen LogP contribution in [-0.2, 0) is 16.1 Å². The SMILES string of the molecule is COc1ccc(CNC(=O)C(=O)Nc2cccnc2)cc1. The summed E-state index contributed by atoms with van der Waals surface area (Å²) >= 11 is 0. The molecule has 0 radical (unpaired) electrons. The lowest BCUT2D eigenvalue weighted by molar-refractivity contribution is -0.136. The third kappa shape index (κ3) is 4.31. The van der Waals surface area contributed by atoms with Gasteiger partial charge in [0.2, 0.25) is 0 Å². The summed E-state index contributed by atoms with van der Waals surface area (Å²) in [4.78, 5) is 27.2. The molecule has 2 amide bonds. The van der Waals surface area contributed by atoms with Crippen molar-refractivity contribution in [2.75, 3.05) is 12.4 Å². The van der Waals surface area contributed by atoms with E-state index >= 15 is 0 Å². The van der Waals surface area contributed by atoms with Gasteiger partial charge in [0, 0.05) is 12.7 Å². The fraction of sp³-hybridized carbons (Fsp3) is 0.133. The Kier molecular flexibility index (Phi) is 4.87. The second-order valence-electron chi connectivity index (χ2n) is 4.23. The summed E-state index contributed by atoms with van der Waals surface area (Å²) in [7, 11) is 1.58. The molecule has 0 aliphatic rings. The molecule has 1 aromatic heterocycles. The van der Waals surface area contributed by atoms with Crippen LogP contribution in [-0.4, -0.2) is 23.9 Å². The third-order valence-electron chi connectivity index (χ3n) is 2.74. The molecule has 0 saturated carbocycles. The molecule has 108 valence electrons. The highest BCUT2D eigenvalue weighted by Crippen LogP contribution is 2.10. The molecular weight excluding hydrogens is 270 g/mol. The number of anilines is 1. The maximum atomic E-state index is 11.7. The Bertz CT molecular complexity index is 612. The maximum absolute atomic E-state index is 11.7. The molecule has 0 saturated heterocycles. The van der Waals surface area contributed by atoms with Gasteiger partial charge in [0.05, 0.1) is 19.0 Å². The zero-order chi connectivity index (χ0) is 15.1. The van der Waals surface area contributed by atoms with Crippen LogP contribution in [0.1, 0.15) is 5.56 Å². The Morgan fingerprint density at radius 1 is 1.14 bits per heavy atom. The number of pyridine rings is 1. The van der Waals surface area contributed by atoms with Gasteiger partial charge in [0.15, 0.2) is 0 Å². The molecule has 6 heteroatoms. The quantitative estimate of drug-likeness (QED) is 0.831. The highest BCUT2D eigenvalue weighted by Gasteiger charge is 2.13. The summed E-state index contributed by atoms with van der Waals surface area (Å²) < 4.78 is 5.04. The van der Waals surface area contributed by atoms with Gasteiger partial charge in [-0.1, -0.05) is 12.1 Å². The Morgan fingerprint density at radius 2 is 1.90 bits per heavy atom. The Balaban J connectivity index is 1.84. The number of carbonyl (C=O) groups is 2. The molecule has 6 nitrogen and oxygen atoms in total. The summed E-state index contributed by atoms with van der Waals surface area (Å²) in [6.07, 6.45) is 3.05. The number of hydrogen-bond acceptors (Lipinski definition) is 4. The van der Waals surface area contributed by atoms with Gasteiger partial charge in [-0.3, -0.25) is 14.6 Å². The number of amides is 2. The predicted molar refractivity (Wildman–Crippen MR) is 77.7 cm³/mol. The molecule has 0 bridgehead atoms. The van der Waals surface area contributed by atoms with Crippen molar-refractivity contribution in [2.45, 2.75) is 6.54 Å². The highest BCUT2D eigenvalue weighted by atomic mass is 16.5. The summed E-state index contributed by atoms with van der Waals surface area (Å²) in [5.41, 5.74) is 1.35. The normalized spacial score (nSPS) is 9.76. The summed E-state index contributed by atoms with van der Waals surface area (Å²) in [6, 6.07) is 10.5. The first-order valence-electron chi connectivity index (χ1n) is 6.31. The van der Waals surface area contributed by atoms with Gasteiger partial charge in [-0.05, 0) is 29.8 Å². The van der Waals surface area contributed by atoms with Crippen LogP contribution >= 0.6 is 0 Å². The zero-order valence-corrected chi connectivity index (χ0v) is 11.5. The number of methoxy groups -OCH3 is 1. The van der Waals surface area contributed by atoms with E-state index in [9.17, 15) is 9.59 Å². The number of hydrogen-bond donors (Lipinski definition) is 2. The van der Waals surface area contributed by atoms with Crippen molar-refractivity contribution in [2.24, 2.45) is 0 Å². The monoisotopic (exact) mass is 285 g/mol. The summed E-state index contributed by atoms with van der Waals surface area (Å²) in [5, 5.41) is 5.01. The van der Waals surface area contributed by atoms with Gasteiger partial charge >= 0.3 is 11.8 Å². The van der Waals surface area contributed by atoms with E-state index in [2.05, 4.69) is 15.6 Å². The second-order valence-corrected chi connectivity index (χ2v) is 4.23. The molecule has 0 spiro atoms. The minimum atomic E-state index is -0.725. The van der Waals surface area contributed by atoms with Crippen molar-refractivity contribution in [3.05, 3.63) is 54.4 Å². The first kappa shape index (κ1) is 14.5. The predicted octanol–water partition coefficient (Wildman–Crippen LogP) is 1.35. The van der Waals surface area contributed by atoms with E-state index in [0.29, 0.717) is 5.69 Å². The molecule has 1 heterocycles. The van der Waals surface area contributed by atoms with E-state index < -0.39 is 11.8 Å². The number of nitrogens with zero attached hydrogens (tertiary/aromatic N) is 1. The number of carbonyl (C=O) groups excluding carboxylic acids is 2. The van der Waals surface area contributed by atoms with Crippen LogP contribution in [0.2, 0.25) is 0 Å². The smallest absolute Gasteiger partial charge is 0.313 e. The molecule has 0 unspecified atom stereocenters. The molecule has 1 aromatic carbocycles. The zero-order valence-electron chi connectivity index (χ0n) is 11.5. The van der Waals surface area contributed by atoms with E-state index in [0.717, 1.165) is 11.3 Å². The Labute approximate surface area is 122 Å². The minimum absolute atomic E-state index is 0.267. The average Bonchev–Trinajstić information content (AvgIpc) is 2.54. The van der Waals surface area contributed by atoms with E-state index in [1.807, 2.05) is 12.1 Å². The lowest BCUT2D eigenvalue weighted by Crippen LogP contribution is -2.34. The van der Waals surface area contributed by atoms with Gasteiger partial charge in [-0.2, -0.15) is 0 Å². The van der Waals surface area contributed by atoms with Crippen LogP contribution < -0.4 is 15.4 Å². The number of benzene rings is 1. The van der Waals surface area contributed by atoms with Gasteiger partial charge < -0.3 is 15.4 Å². The molecule has 0 fully saturated rings. The fourth-order valence-electron chi connectivity index (χ4n) is 1.63. The van der Waals surface area contributed by atoms with Crippen molar-refractivity contribution in [3.8, 4) is 5.75 Å². The van der Waals surface area contributed by atoms with Gasteiger partial charge in [0.25, 0.3) is 0 Å². The van der Waals surface area contributed by atoms with Crippen molar-refractivity contribution < 1.29 is 14.3 Å². The fourth-order valence-corrected chi connectivity index (χ4v) is 1.63. The van der Waals surface area contributed by atoms with Gasteiger partial charge in [-0.15, -0.1) is 0 Å². The maximum Gasteiger partial charge on any atom is 0.313 e. The molecule has 21 heavy (non-hydrogen) atoms. The molecule has 2 rings (SSSR count).